The number of hydrogen-bond donors (Lipinski definition) is 6. The standard InChI is InChI=1S/C75H133NO10/c1-4-7-10-13-16-19-22-25-27-29-31-33-34-35-36-37-39-41-43-45-48-51-54-57-60-63-70(80)86-73-72(82)71(81)69(64-77)85-75(73)84-65-66(67(78)61-58-55-52-49-46-24-21-18-15-12-9-6-3)76-74(83)68(79)62-59-56-53-50-47-44-42-40-38-32-30-28-26-23-20-17-14-11-8-5-2/h8,11,17,20,26,28,32,38,42,44,50,53,58,61,66-69,71-73,75,77-79,81-82H,4-7,9-10,12-16,18-19,21-25,27,29-31,33-37,39-41,43,45-49,51-52,54-57,59-60,62-65H2,1-3H3,(H,76,83)/b11-8-,20-17-,28-26-,38-32-,44-42-,53-50-,61-58+. The quantitative estimate of drug-likeness (QED) is 0.0195. The number of carbonyl (C=O) groups excluding carboxylic acids is 2. The van der Waals surface area contributed by atoms with E-state index in [-0.39, 0.29) is 19.4 Å². The van der Waals surface area contributed by atoms with Crippen molar-refractivity contribution in [2.24, 2.45) is 0 Å². The second-order valence-corrected chi connectivity index (χ2v) is 24.6. The molecule has 11 heteroatoms. The van der Waals surface area contributed by atoms with Gasteiger partial charge in [0.1, 0.15) is 24.4 Å². The van der Waals surface area contributed by atoms with Gasteiger partial charge in [-0.05, 0) is 77.0 Å². The van der Waals surface area contributed by atoms with Gasteiger partial charge in [0.05, 0.1) is 25.4 Å². The highest BCUT2D eigenvalue weighted by molar-refractivity contribution is 5.80. The van der Waals surface area contributed by atoms with Crippen LogP contribution in [0.25, 0.3) is 0 Å². The van der Waals surface area contributed by atoms with Crippen molar-refractivity contribution in [3.63, 3.8) is 0 Å². The van der Waals surface area contributed by atoms with Gasteiger partial charge in [-0.3, -0.25) is 9.59 Å². The number of rotatable bonds is 61. The van der Waals surface area contributed by atoms with E-state index in [9.17, 15) is 35.1 Å². The van der Waals surface area contributed by atoms with Gasteiger partial charge in [0.25, 0.3) is 0 Å². The number of hydrogen-bond acceptors (Lipinski definition) is 10. The van der Waals surface area contributed by atoms with Crippen LogP contribution in [0.5, 0.6) is 0 Å². The molecule has 1 aliphatic heterocycles. The van der Waals surface area contributed by atoms with Crippen molar-refractivity contribution in [1.82, 2.24) is 5.32 Å². The van der Waals surface area contributed by atoms with Gasteiger partial charge < -0.3 is 45.1 Å². The molecule has 0 saturated carbocycles. The van der Waals surface area contributed by atoms with Gasteiger partial charge in [-0.1, -0.05) is 318 Å². The van der Waals surface area contributed by atoms with Crippen molar-refractivity contribution < 1.29 is 49.3 Å². The van der Waals surface area contributed by atoms with Gasteiger partial charge in [-0.25, -0.2) is 0 Å². The van der Waals surface area contributed by atoms with E-state index in [1.807, 2.05) is 12.2 Å². The summed E-state index contributed by atoms with van der Waals surface area (Å²) in [5.74, 6) is -1.23. The second kappa shape index (κ2) is 62.1. The van der Waals surface area contributed by atoms with Gasteiger partial charge in [0, 0.05) is 6.42 Å². The Morgan fingerprint density at radius 3 is 1.24 bits per heavy atom. The van der Waals surface area contributed by atoms with Crippen molar-refractivity contribution in [2.45, 2.75) is 365 Å². The zero-order valence-electron chi connectivity index (χ0n) is 55.4. The fraction of sp³-hybridized carbons (Fsp3) is 0.787. The lowest BCUT2D eigenvalue weighted by Crippen LogP contribution is -2.61. The number of nitrogens with one attached hydrogen (secondary N) is 1. The fourth-order valence-electron chi connectivity index (χ4n) is 11.0. The van der Waals surface area contributed by atoms with Crippen LogP contribution in [0.4, 0.5) is 0 Å². The number of amides is 1. The van der Waals surface area contributed by atoms with Gasteiger partial charge in [0.2, 0.25) is 5.91 Å². The molecule has 498 valence electrons. The minimum Gasteiger partial charge on any atom is -0.454 e. The van der Waals surface area contributed by atoms with E-state index in [4.69, 9.17) is 14.2 Å². The van der Waals surface area contributed by atoms with E-state index in [2.05, 4.69) is 92.9 Å². The molecule has 86 heavy (non-hydrogen) atoms. The van der Waals surface area contributed by atoms with E-state index in [1.165, 1.54) is 180 Å². The minimum absolute atomic E-state index is 0.119. The predicted molar refractivity (Wildman–Crippen MR) is 361 cm³/mol. The molecule has 8 unspecified atom stereocenters. The first-order chi connectivity index (χ1) is 42.2. The number of ether oxygens (including phenoxy) is 3. The number of esters is 1. The number of aliphatic hydroxyl groups is 5. The van der Waals surface area contributed by atoms with Gasteiger partial charge in [-0.15, -0.1) is 0 Å². The van der Waals surface area contributed by atoms with Crippen LogP contribution < -0.4 is 5.32 Å². The highest BCUT2D eigenvalue weighted by Crippen LogP contribution is 2.26. The minimum atomic E-state index is -1.62. The molecule has 0 bridgehead atoms. The summed E-state index contributed by atoms with van der Waals surface area (Å²) in [4.78, 5) is 26.7. The summed E-state index contributed by atoms with van der Waals surface area (Å²) >= 11 is 0. The van der Waals surface area contributed by atoms with E-state index < -0.39 is 67.4 Å². The topological polar surface area (TPSA) is 175 Å². The Kier molecular flexibility index (Phi) is 58.3. The maximum atomic E-state index is 13.5. The number of unbranched alkanes of at least 4 members (excludes halogenated alkanes) is 35. The third-order valence-corrected chi connectivity index (χ3v) is 16.6. The van der Waals surface area contributed by atoms with Crippen LogP contribution in [0.2, 0.25) is 0 Å². The van der Waals surface area contributed by atoms with Crippen molar-refractivity contribution in [2.75, 3.05) is 13.2 Å². The number of carbonyl (C=O) groups is 2. The second-order valence-electron chi connectivity index (χ2n) is 24.6. The first-order valence-corrected chi connectivity index (χ1v) is 35.9. The lowest BCUT2D eigenvalue weighted by molar-refractivity contribution is -0.305. The summed E-state index contributed by atoms with van der Waals surface area (Å²) < 4.78 is 17.7. The van der Waals surface area contributed by atoms with Crippen molar-refractivity contribution in [3.8, 4) is 0 Å². The Morgan fingerprint density at radius 1 is 0.465 bits per heavy atom. The summed E-state index contributed by atoms with van der Waals surface area (Å²) in [5.41, 5.74) is 0. The van der Waals surface area contributed by atoms with Crippen LogP contribution in [0, 0.1) is 0 Å². The average molecular weight is 1210 g/mol. The maximum Gasteiger partial charge on any atom is 0.306 e. The van der Waals surface area contributed by atoms with Crippen LogP contribution in [0.1, 0.15) is 316 Å². The Morgan fingerprint density at radius 2 is 0.837 bits per heavy atom. The first kappa shape index (κ1) is 80.9. The molecule has 0 spiro atoms. The van der Waals surface area contributed by atoms with Crippen LogP contribution >= 0.6 is 0 Å². The molecule has 0 aromatic carbocycles. The molecular weight excluding hydrogens is 1070 g/mol. The van der Waals surface area contributed by atoms with E-state index in [1.54, 1.807) is 6.08 Å². The molecule has 11 nitrogen and oxygen atoms in total. The Bertz CT molecular complexity index is 1720. The third kappa shape index (κ3) is 48.7. The van der Waals surface area contributed by atoms with Crippen LogP contribution in [-0.2, 0) is 23.8 Å². The highest BCUT2D eigenvalue weighted by Gasteiger charge is 2.47. The molecule has 1 saturated heterocycles. The fourth-order valence-corrected chi connectivity index (χ4v) is 11.0. The van der Waals surface area contributed by atoms with Crippen LogP contribution in [0.15, 0.2) is 85.1 Å². The molecule has 1 heterocycles. The zero-order chi connectivity index (χ0) is 62.4. The molecule has 1 amide bonds. The normalized spacial score (nSPS) is 18.8. The Balaban J connectivity index is 2.59. The third-order valence-electron chi connectivity index (χ3n) is 16.6. The summed E-state index contributed by atoms with van der Waals surface area (Å²) in [6.07, 6.45) is 72.1. The largest absolute Gasteiger partial charge is 0.454 e. The molecule has 1 fully saturated rings. The lowest BCUT2D eigenvalue weighted by Gasteiger charge is -2.41. The molecule has 0 radical (unpaired) electrons. The van der Waals surface area contributed by atoms with Crippen molar-refractivity contribution in [1.29, 1.82) is 0 Å². The summed E-state index contributed by atoms with van der Waals surface area (Å²) in [6.45, 7) is 5.68. The van der Waals surface area contributed by atoms with Crippen molar-refractivity contribution in [3.05, 3.63) is 85.1 Å². The van der Waals surface area contributed by atoms with Gasteiger partial charge in [-0.2, -0.15) is 0 Å². The molecule has 8 atom stereocenters. The van der Waals surface area contributed by atoms with Crippen LogP contribution in [0.3, 0.4) is 0 Å². The first-order valence-electron chi connectivity index (χ1n) is 35.9. The molecule has 1 rings (SSSR count). The smallest absolute Gasteiger partial charge is 0.306 e. The lowest BCUT2D eigenvalue weighted by atomic mass is 9.99. The molecular formula is C75H133NO10. The molecule has 0 aromatic rings. The summed E-state index contributed by atoms with van der Waals surface area (Å²) in [6, 6.07) is -1.05. The predicted octanol–water partition coefficient (Wildman–Crippen LogP) is 18.5. The molecule has 6 N–H and O–H groups in total. The summed E-state index contributed by atoms with van der Waals surface area (Å²) in [5, 5.41) is 57.2. The van der Waals surface area contributed by atoms with Crippen molar-refractivity contribution >= 4 is 11.9 Å². The van der Waals surface area contributed by atoms with E-state index in [0.717, 1.165) is 83.5 Å². The van der Waals surface area contributed by atoms with E-state index >= 15 is 0 Å². The zero-order valence-corrected chi connectivity index (χ0v) is 55.4. The number of allylic oxidation sites excluding steroid dienone is 13. The SMILES string of the molecule is CC/C=C\C/C=C\C/C=C\C/C=C\C/C=C\C/C=C\CCCC(O)C(=O)NC(COC1OC(CO)C(O)C(O)C1OC(=O)CCCCCCCCCCCCCCCCCCCCCCCCCCC)C(O)/C=C/CCCCCCCCCCCC. The average Bonchev–Trinajstić information content (AvgIpc) is 3.30. The van der Waals surface area contributed by atoms with Crippen LogP contribution in [-0.4, -0.2) is 99.6 Å². The summed E-state index contributed by atoms with van der Waals surface area (Å²) in [7, 11) is 0. The maximum absolute atomic E-state index is 13.5. The van der Waals surface area contributed by atoms with E-state index in [0.29, 0.717) is 19.3 Å². The Hall–Kier alpha value is -3.16. The molecule has 0 aliphatic carbocycles. The molecule has 1 aliphatic rings. The van der Waals surface area contributed by atoms with Gasteiger partial charge in [0.15, 0.2) is 12.4 Å². The highest BCUT2D eigenvalue weighted by atomic mass is 16.7. The monoisotopic (exact) mass is 1210 g/mol. The molecule has 0 aromatic heterocycles. The van der Waals surface area contributed by atoms with Gasteiger partial charge >= 0.3 is 5.97 Å². The number of aliphatic hydroxyl groups excluding tert-OH is 5. The Labute approximate surface area is 527 Å².